The number of rotatable bonds is 6. The van der Waals surface area contributed by atoms with E-state index >= 15 is 0 Å². The van der Waals surface area contributed by atoms with Gasteiger partial charge in [-0.2, -0.15) is 13.2 Å². The molecule has 0 atom stereocenters. The smallest absolute Gasteiger partial charge is 0.366 e. The van der Waals surface area contributed by atoms with Gasteiger partial charge in [0.1, 0.15) is 0 Å². The molecule has 2 rings (SSSR count). The topological polar surface area (TPSA) is 35.9 Å². The molecule has 0 aliphatic rings. The molecule has 1 amide bonds. The van der Waals surface area contributed by atoms with Crippen LogP contribution in [0.5, 0.6) is 0 Å². The molecule has 0 aromatic heterocycles. The lowest BCUT2D eigenvalue weighted by Crippen LogP contribution is -2.42. The molecule has 0 unspecified atom stereocenters. The molecule has 10 heteroatoms. The average molecular weight is 459 g/mol. The van der Waals surface area contributed by atoms with E-state index in [1.807, 2.05) is 6.92 Å². The first-order chi connectivity index (χ1) is 14.7. The lowest BCUT2D eigenvalue weighted by Gasteiger charge is -2.26. The zero-order valence-corrected chi connectivity index (χ0v) is 18.0. The number of aliphatic imine (C=N–C) groups is 1. The van der Waals surface area contributed by atoms with Gasteiger partial charge in [0.15, 0.2) is 0 Å². The monoisotopic (exact) mass is 459 g/mol. The number of amides is 1. The molecule has 0 bridgehead atoms. The molecule has 0 aliphatic carbocycles. The number of halogens is 6. The molecule has 0 heterocycles. The van der Waals surface area contributed by atoms with Crippen molar-refractivity contribution >= 4 is 17.9 Å². The van der Waals surface area contributed by atoms with Gasteiger partial charge in [-0.25, -0.2) is 9.89 Å². The second kappa shape index (κ2) is 9.62. The van der Waals surface area contributed by atoms with E-state index in [4.69, 9.17) is 0 Å². The zero-order valence-electron chi connectivity index (χ0n) is 18.0. The van der Waals surface area contributed by atoms with Crippen LogP contribution in [0, 0.1) is 13.8 Å². The van der Waals surface area contributed by atoms with Gasteiger partial charge < -0.3 is 4.90 Å². The van der Waals surface area contributed by atoms with E-state index in [9.17, 15) is 31.1 Å². The van der Waals surface area contributed by atoms with Gasteiger partial charge >= 0.3 is 12.5 Å². The lowest BCUT2D eigenvalue weighted by molar-refractivity contribution is -0.227. The standard InChI is InChI=1S/C22H23F6N3O/c1-5-30(4)13-29-19-10-14(2)18(9-15(19)3)20(32)31(22(26,27)28)12-16-7-6-8-17(11-16)21(23,24)25/h6-11,13H,5,12H2,1-4H3. The number of hydrogen-bond acceptors (Lipinski definition) is 2. The van der Waals surface area contributed by atoms with Crippen LogP contribution in [0.15, 0.2) is 41.4 Å². The van der Waals surface area contributed by atoms with Gasteiger partial charge in [0.2, 0.25) is 0 Å². The quantitative estimate of drug-likeness (QED) is 0.227. The molecule has 2 aromatic rings. The first kappa shape index (κ1) is 25.2. The van der Waals surface area contributed by atoms with Crippen LogP contribution >= 0.6 is 0 Å². The normalized spacial score (nSPS) is 12.3. The molecule has 0 saturated carbocycles. The Hall–Kier alpha value is -3.04. The van der Waals surface area contributed by atoms with Crippen molar-refractivity contribution in [2.24, 2.45) is 4.99 Å². The van der Waals surface area contributed by atoms with Gasteiger partial charge in [0, 0.05) is 19.2 Å². The Morgan fingerprint density at radius 2 is 1.69 bits per heavy atom. The van der Waals surface area contributed by atoms with Gasteiger partial charge in [-0.05, 0) is 61.7 Å². The Morgan fingerprint density at radius 1 is 1.03 bits per heavy atom. The molecule has 32 heavy (non-hydrogen) atoms. The van der Waals surface area contributed by atoms with E-state index in [0.717, 1.165) is 18.2 Å². The number of hydrogen-bond donors (Lipinski definition) is 0. The number of carbonyl (C=O) groups excluding carboxylic acids is 1. The minimum atomic E-state index is -5.09. The number of nitrogens with zero attached hydrogens (tertiary/aromatic N) is 3. The summed E-state index contributed by atoms with van der Waals surface area (Å²) in [6.45, 7) is 4.66. The van der Waals surface area contributed by atoms with E-state index in [2.05, 4.69) is 4.99 Å². The van der Waals surface area contributed by atoms with E-state index < -0.39 is 35.4 Å². The highest BCUT2D eigenvalue weighted by Crippen LogP contribution is 2.32. The van der Waals surface area contributed by atoms with E-state index in [1.165, 1.54) is 19.1 Å². The number of alkyl halides is 6. The minimum absolute atomic E-state index is 0.199. The SMILES string of the molecule is CCN(C)C=Nc1cc(C)c(C(=O)N(Cc2cccc(C(F)(F)F)c2)C(F)(F)F)cc1C. The fraction of sp³-hybridized carbons (Fsp3) is 0.364. The highest BCUT2D eigenvalue weighted by Gasteiger charge is 2.42. The third-order valence-corrected chi connectivity index (χ3v) is 4.81. The Morgan fingerprint density at radius 3 is 2.25 bits per heavy atom. The molecule has 174 valence electrons. The van der Waals surface area contributed by atoms with Crippen molar-refractivity contribution in [1.82, 2.24) is 9.80 Å². The summed E-state index contributed by atoms with van der Waals surface area (Å²) in [5.41, 5.74) is -0.323. The van der Waals surface area contributed by atoms with Gasteiger partial charge in [0.25, 0.3) is 5.91 Å². The van der Waals surface area contributed by atoms with Crippen molar-refractivity contribution in [2.75, 3.05) is 13.6 Å². The van der Waals surface area contributed by atoms with Crippen LogP contribution in [0.1, 0.15) is 39.5 Å². The number of benzene rings is 2. The first-order valence-electron chi connectivity index (χ1n) is 9.64. The van der Waals surface area contributed by atoms with Crippen LogP contribution in [0.3, 0.4) is 0 Å². The second-order valence-electron chi connectivity index (χ2n) is 7.33. The Bertz CT molecular complexity index is 998. The summed E-state index contributed by atoms with van der Waals surface area (Å²) in [6.07, 6.45) is -8.23. The lowest BCUT2D eigenvalue weighted by atomic mass is 10.0. The number of aryl methyl sites for hydroxylation is 2. The van der Waals surface area contributed by atoms with E-state index in [-0.39, 0.29) is 16.7 Å². The summed E-state index contributed by atoms with van der Waals surface area (Å²) >= 11 is 0. The highest BCUT2D eigenvalue weighted by atomic mass is 19.4. The van der Waals surface area contributed by atoms with E-state index in [0.29, 0.717) is 23.9 Å². The minimum Gasteiger partial charge on any atom is -0.366 e. The maximum Gasteiger partial charge on any atom is 0.487 e. The van der Waals surface area contributed by atoms with Crippen molar-refractivity contribution in [3.05, 3.63) is 64.2 Å². The van der Waals surface area contributed by atoms with Crippen LogP contribution < -0.4 is 0 Å². The maximum atomic E-state index is 13.7. The molecule has 0 aliphatic heterocycles. The van der Waals surface area contributed by atoms with Crippen molar-refractivity contribution in [3.63, 3.8) is 0 Å². The molecule has 2 aromatic carbocycles. The molecule has 0 saturated heterocycles. The third kappa shape index (κ3) is 6.24. The number of carbonyl (C=O) groups is 1. The fourth-order valence-corrected chi connectivity index (χ4v) is 2.86. The van der Waals surface area contributed by atoms with Gasteiger partial charge in [-0.1, -0.05) is 12.1 Å². The average Bonchev–Trinajstić information content (AvgIpc) is 2.70. The van der Waals surface area contributed by atoms with Crippen molar-refractivity contribution < 1.29 is 31.1 Å². The Labute approximate surface area is 182 Å². The van der Waals surface area contributed by atoms with Crippen LogP contribution in [-0.2, 0) is 12.7 Å². The molecule has 0 spiro atoms. The molecular formula is C22H23F6N3O. The molecule has 0 radical (unpaired) electrons. The predicted molar refractivity (Wildman–Crippen MR) is 110 cm³/mol. The van der Waals surface area contributed by atoms with Crippen LogP contribution in [0.25, 0.3) is 0 Å². The zero-order chi connectivity index (χ0) is 24.3. The van der Waals surface area contributed by atoms with Crippen LogP contribution in [0.4, 0.5) is 32.0 Å². The van der Waals surface area contributed by atoms with Crippen LogP contribution in [-0.4, -0.2) is 41.9 Å². The Kier molecular flexibility index (Phi) is 7.58. The highest BCUT2D eigenvalue weighted by molar-refractivity contribution is 5.96. The molecular weight excluding hydrogens is 436 g/mol. The predicted octanol–water partition coefficient (Wildman–Crippen LogP) is 6.10. The molecule has 4 nitrogen and oxygen atoms in total. The maximum absolute atomic E-state index is 13.7. The summed E-state index contributed by atoms with van der Waals surface area (Å²) in [7, 11) is 1.80. The Balaban J connectivity index is 2.41. The van der Waals surface area contributed by atoms with Crippen molar-refractivity contribution in [1.29, 1.82) is 0 Å². The fourth-order valence-electron chi connectivity index (χ4n) is 2.86. The summed E-state index contributed by atoms with van der Waals surface area (Å²) in [5, 5.41) is 0. The summed E-state index contributed by atoms with van der Waals surface area (Å²) in [4.78, 5) is 18.5. The third-order valence-electron chi connectivity index (χ3n) is 4.81. The summed E-state index contributed by atoms with van der Waals surface area (Å²) < 4.78 is 79.8. The van der Waals surface area contributed by atoms with Gasteiger partial charge in [0.05, 0.1) is 24.1 Å². The van der Waals surface area contributed by atoms with Crippen molar-refractivity contribution in [2.45, 2.75) is 39.8 Å². The first-order valence-corrected chi connectivity index (χ1v) is 9.64. The van der Waals surface area contributed by atoms with E-state index in [1.54, 1.807) is 25.2 Å². The van der Waals surface area contributed by atoms with Gasteiger partial charge in [-0.3, -0.25) is 4.79 Å². The van der Waals surface area contributed by atoms with Crippen molar-refractivity contribution in [3.8, 4) is 0 Å². The van der Waals surface area contributed by atoms with Crippen LogP contribution in [0.2, 0.25) is 0 Å². The molecule has 0 N–H and O–H groups in total. The second-order valence-corrected chi connectivity index (χ2v) is 7.33. The summed E-state index contributed by atoms with van der Waals surface area (Å²) in [5.74, 6) is -1.35. The largest absolute Gasteiger partial charge is 0.487 e. The molecule has 0 fully saturated rings. The summed E-state index contributed by atoms with van der Waals surface area (Å²) in [6, 6.07) is 6.29. The van der Waals surface area contributed by atoms with Gasteiger partial charge in [-0.15, -0.1) is 13.2 Å².